The molecule has 0 aliphatic carbocycles. The zero-order chi connectivity index (χ0) is 11.4. The maximum Gasteiger partial charge on any atom is 0.221 e. The predicted molar refractivity (Wildman–Crippen MR) is 64.4 cm³/mol. The highest BCUT2D eigenvalue weighted by Crippen LogP contribution is 2.19. The van der Waals surface area contributed by atoms with Crippen LogP contribution in [0.4, 0.5) is 0 Å². The van der Waals surface area contributed by atoms with Gasteiger partial charge in [0.05, 0.1) is 10.9 Å². The molecule has 2 atom stereocenters. The lowest BCUT2D eigenvalue weighted by Crippen LogP contribution is -2.46. The molecule has 1 aliphatic heterocycles. The smallest absolute Gasteiger partial charge is 0.221 e. The molecule has 0 saturated carbocycles. The second kappa shape index (κ2) is 5.42. The van der Waals surface area contributed by atoms with Gasteiger partial charge in [0.1, 0.15) is 0 Å². The van der Waals surface area contributed by atoms with Gasteiger partial charge in [0.25, 0.3) is 0 Å². The first-order chi connectivity index (χ1) is 7.00. The van der Waals surface area contributed by atoms with Crippen LogP contribution >= 0.6 is 12.2 Å². The molecule has 4 nitrogen and oxygen atoms in total. The first-order valence-corrected chi connectivity index (χ1v) is 5.73. The van der Waals surface area contributed by atoms with E-state index in [0.717, 1.165) is 25.9 Å². The Labute approximate surface area is 96.0 Å². The molecule has 15 heavy (non-hydrogen) atoms. The van der Waals surface area contributed by atoms with Crippen LogP contribution in [-0.2, 0) is 4.79 Å². The van der Waals surface area contributed by atoms with Crippen molar-refractivity contribution in [1.29, 1.82) is 0 Å². The molecule has 86 valence electrons. The Morgan fingerprint density at radius 3 is 2.80 bits per heavy atom. The molecule has 0 aromatic rings. The molecule has 0 radical (unpaired) electrons. The minimum Gasteiger partial charge on any atom is -0.393 e. The van der Waals surface area contributed by atoms with Gasteiger partial charge < -0.3 is 11.5 Å². The minimum absolute atomic E-state index is 0.00690. The Morgan fingerprint density at radius 2 is 2.27 bits per heavy atom. The lowest BCUT2D eigenvalue weighted by molar-refractivity contribution is -0.123. The Balaban J connectivity index is 2.48. The lowest BCUT2D eigenvalue weighted by Gasteiger charge is -2.35. The highest BCUT2D eigenvalue weighted by molar-refractivity contribution is 7.80. The highest BCUT2D eigenvalue weighted by atomic mass is 32.1. The molecule has 1 saturated heterocycles. The van der Waals surface area contributed by atoms with Crippen LogP contribution in [0.25, 0.3) is 0 Å². The van der Waals surface area contributed by atoms with E-state index >= 15 is 0 Å². The molecule has 0 aromatic heterocycles. The van der Waals surface area contributed by atoms with E-state index < -0.39 is 0 Å². The number of rotatable bonds is 4. The summed E-state index contributed by atoms with van der Waals surface area (Å²) in [6, 6.07) is 0.310. The average molecular weight is 229 g/mol. The van der Waals surface area contributed by atoms with E-state index in [9.17, 15) is 4.79 Å². The molecule has 1 aliphatic rings. The van der Waals surface area contributed by atoms with E-state index in [0.29, 0.717) is 17.5 Å². The number of nitrogens with two attached hydrogens (primary N) is 2. The first kappa shape index (κ1) is 12.4. The van der Waals surface area contributed by atoms with Crippen molar-refractivity contribution < 1.29 is 4.79 Å². The number of primary amides is 1. The number of likely N-dealkylation sites (tertiary alicyclic amines) is 1. The van der Waals surface area contributed by atoms with Crippen molar-refractivity contribution in [2.45, 2.75) is 32.2 Å². The van der Waals surface area contributed by atoms with Crippen LogP contribution in [0.5, 0.6) is 0 Å². The van der Waals surface area contributed by atoms with Crippen LogP contribution in [-0.4, -0.2) is 34.9 Å². The summed E-state index contributed by atoms with van der Waals surface area (Å²) < 4.78 is 0. The van der Waals surface area contributed by atoms with Crippen molar-refractivity contribution in [1.82, 2.24) is 4.90 Å². The molecule has 1 fully saturated rings. The van der Waals surface area contributed by atoms with Gasteiger partial charge in [-0.2, -0.15) is 0 Å². The molecule has 5 heteroatoms. The van der Waals surface area contributed by atoms with Gasteiger partial charge >= 0.3 is 0 Å². The van der Waals surface area contributed by atoms with Crippen LogP contribution in [0.1, 0.15) is 26.2 Å². The normalized spacial score (nSPS) is 24.7. The molecular weight excluding hydrogens is 210 g/mol. The highest BCUT2D eigenvalue weighted by Gasteiger charge is 2.26. The van der Waals surface area contributed by atoms with E-state index in [1.165, 1.54) is 0 Å². The van der Waals surface area contributed by atoms with Crippen molar-refractivity contribution in [2.24, 2.45) is 17.4 Å². The number of hydrogen-bond donors (Lipinski definition) is 2. The molecule has 1 amide bonds. The summed E-state index contributed by atoms with van der Waals surface area (Å²) in [6.07, 6.45) is 2.64. The van der Waals surface area contributed by atoms with Crippen molar-refractivity contribution >= 4 is 23.1 Å². The summed E-state index contributed by atoms with van der Waals surface area (Å²) >= 11 is 4.88. The monoisotopic (exact) mass is 229 g/mol. The van der Waals surface area contributed by atoms with E-state index in [4.69, 9.17) is 23.7 Å². The van der Waals surface area contributed by atoms with Gasteiger partial charge in [0, 0.05) is 19.0 Å². The van der Waals surface area contributed by atoms with Crippen LogP contribution in [0.3, 0.4) is 0 Å². The zero-order valence-electron chi connectivity index (χ0n) is 9.11. The van der Waals surface area contributed by atoms with Gasteiger partial charge in [0.2, 0.25) is 5.91 Å². The molecule has 0 bridgehead atoms. The number of piperidine rings is 1. The fourth-order valence-electron chi connectivity index (χ4n) is 2.06. The Kier molecular flexibility index (Phi) is 4.47. The van der Waals surface area contributed by atoms with Gasteiger partial charge in [-0.25, -0.2) is 0 Å². The quantitative estimate of drug-likeness (QED) is 0.678. The lowest BCUT2D eigenvalue weighted by atomic mass is 9.96. The summed E-state index contributed by atoms with van der Waals surface area (Å²) in [4.78, 5) is 13.9. The summed E-state index contributed by atoms with van der Waals surface area (Å²) in [5.41, 5.74) is 10.8. The Bertz CT molecular complexity index is 257. The van der Waals surface area contributed by atoms with E-state index in [1.54, 1.807) is 0 Å². The van der Waals surface area contributed by atoms with Crippen molar-refractivity contribution in [3.63, 3.8) is 0 Å². The van der Waals surface area contributed by atoms with Crippen LogP contribution < -0.4 is 11.5 Å². The van der Waals surface area contributed by atoms with Crippen molar-refractivity contribution in [3.05, 3.63) is 0 Å². The van der Waals surface area contributed by atoms with Gasteiger partial charge in [0.15, 0.2) is 0 Å². The molecule has 1 rings (SSSR count). The molecule has 4 N–H and O–H groups in total. The fourth-order valence-corrected chi connectivity index (χ4v) is 2.30. The van der Waals surface area contributed by atoms with Gasteiger partial charge in [-0.3, -0.25) is 9.69 Å². The molecular formula is C10H19N3OS. The summed E-state index contributed by atoms with van der Waals surface area (Å²) in [7, 11) is 0. The van der Waals surface area contributed by atoms with Gasteiger partial charge in [-0.15, -0.1) is 0 Å². The molecule has 2 unspecified atom stereocenters. The maximum absolute atomic E-state index is 11.1. The number of thiocarbonyl (C=S) groups is 1. The Hall–Kier alpha value is -0.680. The molecule has 0 spiro atoms. The van der Waals surface area contributed by atoms with E-state index in [-0.39, 0.29) is 11.8 Å². The number of hydrogen-bond acceptors (Lipinski definition) is 3. The van der Waals surface area contributed by atoms with E-state index in [1.807, 2.05) is 0 Å². The van der Waals surface area contributed by atoms with Crippen molar-refractivity contribution in [3.8, 4) is 0 Å². The third-order valence-corrected chi connectivity index (χ3v) is 3.14. The van der Waals surface area contributed by atoms with Crippen LogP contribution in [0, 0.1) is 5.92 Å². The number of amides is 1. The third-order valence-electron chi connectivity index (χ3n) is 2.98. The maximum atomic E-state index is 11.1. The van der Waals surface area contributed by atoms with Crippen LogP contribution in [0.2, 0.25) is 0 Å². The zero-order valence-corrected chi connectivity index (χ0v) is 9.93. The minimum atomic E-state index is -0.192. The standard InChI is InChI=1S/C10H19N3OS/c1-7(5-9(11)15)13-4-2-3-8(6-13)10(12)14/h7-8H,2-6H2,1H3,(H2,11,15)(H2,12,14). The van der Waals surface area contributed by atoms with Gasteiger partial charge in [-0.1, -0.05) is 12.2 Å². The number of nitrogens with zero attached hydrogens (tertiary/aromatic N) is 1. The first-order valence-electron chi connectivity index (χ1n) is 5.32. The fraction of sp³-hybridized carbons (Fsp3) is 0.800. The number of carbonyl (C=O) groups is 1. The topological polar surface area (TPSA) is 72.3 Å². The average Bonchev–Trinajstić information content (AvgIpc) is 2.17. The van der Waals surface area contributed by atoms with Gasteiger partial charge in [-0.05, 0) is 26.3 Å². The van der Waals surface area contributed by atoms with Crippen LogP contribution in [0.15, 0.2) is 0 Å². The largest absolute Gasteiger partial charge is 0.393 e. The Morgan fingerprint density at radius 1 is 1.60 bits per heavy atom. The van der Waals surface area contributed by atoms with Crippen molar-refractivity contribution in [2.75, 3.05) is 13.1 Å². The second-order valence-corrected chi connectivity index (χ2v) is 4.78. The summed E-state index contributed by atoms with van der Waals surface area (Å²) in [5.74, 6) is -0.199. The third kappa shape index (κ3) is 3.76. The number of carbonyl (C=O) groups excluding carboxylic acids is 1. The summed E-state index contributed by atoms with van der Waals surface area (Å²) in [6.45, 7) is 3.84. The SMILES string of the molecule is CC(CC(N)=S)N1CCCC(C(N)=O)C1. The predicted octanol–water partition coefficient (Wildman–Crippen LogP) is 0.248. The molecule has 1 heterocycles. The molecule has 0 aromatic carbocycles. The second-order valence-electron chi connectivity index (χ2n) is 4.26. The van der Waals surface area contributed by atoms with E-state index in [2.05, 4.69) is 11.8 Å². The summed E-state index contributed by atoms with van der Waals surface area (Å²) in [5, 5.41) is 0.